The summed E-state index contributed by atoms with van der Waals surface area (Å²) in [4.78, 5) is 27.3. The number of alkyl halides is 1. The van der Waals surface area contributed by atoms with Crippen LogP contribution in [-0.4, -0.2) is 67.6 Å². The van der Waals surface area contributed by atoms with Crippen molar-refractivity contribution in [1.82, 2.24) is 34.6 Å². The fraction of sp³-hybridized carbons (Fsp3) is 0.476. The molecule has 1 aliphatic rings. The molecule has 0 spiro atoms. The third-order valence-corrected chi connectivity index (χ3v) is 5.39. The first kappa shape index (κ1) is 22.5. The summed E-state index contributed by atoms with van der Waals surface area (Å²) >= 11 is 0. The predicted molar refractivity (Wildman–Crippen MR) is 123 cm³/mol. The quantitative estimate of drug-likeness (QED) is 0.540. The second kappa shape index (κ2) is 8.34. The largest absolute Gasteiger partial charge is 0.478 e. The Morgan fingerprint density at radius 1 is 1.33 bits per heavy atom. The molecule has 2 N–H and O–H groups in total. The van der Waals surface area contributed by atoms with E-state index >= 15 is 0 Å². The number of nitrogens with zero attached hydrogens (tertiary/aromatic N) is 7. The maximum atomic E-state index is 14.7. The van der Waals surface area contributed by atoms with Crippen LogP contribution >= 0.6 is 0 Å². The van der Waals surface area contributed by atoms with E-state index in [1.807, 2.05) is 25.3 Å². The molecule has 3 aromatic rings. The van der Waals surface area contributed by atoms with Crippen LogP contribution in [0.3, 0.4) is 0 Å². The number of rotatable bonds is 6. The van der Waals surface area contributed by atoms with Gasteiger partial charge in [0.15, 0.2) is 17.0 Å². The van der Waals surface area contributed by atoms with Crippen LogP contribution in [0.25, 0.3) is 11.2 Å². The summed E-state index contributed by atoms with van der Waals surface area (Å²) in [5.74, 6) is 0.756. The molecule has 4 rings (SSSR count). The van der Waals surface area contributed by atoms with Crippen molar-refractivity contribution in [3.63, 3.8) is 0 Å². The first-order valence-electron chi connectivity index (χ1n) is 10.5. The number of amides is 1. The average molecular weight is 458 g/mol. The highest BCUT2D eigenvalue weighted by molar-refractivity contribution is 5.88. The van der Waals surface area contributed by atoms with Crippen molar-refractivity contribution < 1.29 is 13.9 Å². The van der Waals surface area contributed by atoms with E-state index < -0.39 is 18.1 Å². The minimum Gasteiger partial charge on any atom is -0.478 e. The zero-order valence-electron chi connectivity index (χ0n) is 19.3. The summed E-state index contributed by atoms with van der Waals surface area (Å²) in [7, 11) is 3.32. The molecule has 4 heterocycles. The molecule has 12 heteroatoms. The number of hydrogen-bond donors (Lipinski definition) is 2. The molecule has 0 unspecified atom stereocenters. The second-order valence-electron chi connectivity index (χ2n) is 8.92. The lowest BCUT2D eigenvalue weighted by atomic mass is 10.1. The van der Waals surface area contributed by atoms with Gasteiger partial charge in [0.2, 0.25) is 11.9 Å². The number of aryl methyl sites for hydroxylation is 1. The molecule has 1 saturated heterocycles. The minimum atomic E-state index is -1.27. The SMILES string of the molecule is C=CC(=O)N[C@@H]1CN(c2nc(Nc3cn(C)nc3OC)c3ncn(C(C)(C)C)c3n2)C[C@H]1F. The molecule has 0 saturated carbocycles. The van der Waals surface area contributed by atoms with Crippen molar-refractivity contribution in [2.75, 3.05) is 30.4 Å². The first-order valence-corrected chi connectivity index (χ1v) is 10.5. The number of anilines is 3. The lowest BCUT2D eigenvalue weighted by Gasteiger charge is -2.22. The van der Waals surface area contributed by atoms with Crippen LogP contribution in [0.1, 0.15) is 20.8 Å². The fourth-order valence-corrected chi connectivity index (χ4v) is 3.75. The number of halogens is 1. The van der Waals surface area contributed by atoms with Crippen molar-refractivity contribution in [3.8, 4) is 5.88 Å². The van der Waals surface area contributed by atoms with Crippen molar-refractivity contribution in [1.29, 1.82) is 0 Å². The molecule has 0 bridgehead atoms. The topological polar surface area (TPSA) is 115 Å². The van der Waals surface area contributed by atoms with E-state index in [1.165, 1.54) is 7.11 Å². The van der Waals surface area contributed by atoms with E-state index in [9.17, 15) is 9.18 Å². The number of nitrogens with one attached hydrogen (secondary N) is 2. The maximum absolute atomic E-state index is 14.7. The normalized spacial score (nSPS) is 18.5. The van der Waals surface area contributed by atoms with Crippen molar-refractivity contribution in [2.45, 2.75) is 38.5 Å². The van der Waals surface area contributed by atoms with Crippen LogP contribution < -0.4 is 20.3 Å². The van der Waals surface area contributed by atoms with E-state index in [4.69, 9.17) is 9.72 Å². The highest BCUT2D eigenvalue weighted by atomic mass is 19.1. The molecular formula is C21H28FN9O2. The molecule has 176 valence electrons. The second-order valence-corrected chi connectivity index (χ2v) is 8.92. The standard InChI is InChI=1S/C21H28FN9O2/c1-7-15(32)24-13-10-30(8-12(13)22)20-26-17(25-14-9-29(5)28-19(14)33-6)16-18(27-20)31(11-23-16)21(2,3)4/h7,9,11-13H,1,8,10H2,2-6H3,(H,24,32)(H,25,26,27)/t12-,13-/m1/s1. The van der Waals surface area contributed by atoms with Gasteiger partial charge < -0.3 is 24.8 Å². The van der Waals surface area contributed by atoms with Gasteiger partial charge >= 0.3 is 0 Å². The van der Waals surface area contributed by atoms with Crippen LogP contribution in [-0.2, 0) is 17.4 Å². The lowest BCUT2D eigenvalue weighted by Crippen LogP contribution is -2.40. The molecular weight excluding hydrogens is 429 g/mol. The van der Waals surface area contributed by atoms with Gasteiger partial charge in [-0.25, -0.2) is 9.37 Å². The Morgan fingerprint density at radius 3 is 2.76 bits per heavy atom. The summed E-state index contributed by atoms with van der Waals surface area (Å²) in [5.41, 5.74) is 1.48. The lowest BCUT2D eigenvalue weighted by molar-refractivity contribution is -0.117. The number of ether oxygens (including phenoxy) is 1. The van der Waals surface area contributed by atoms with Crippen molar-refractivity contribution >= 4 is 34.5 Å². The molecule has 1 aliphatic heterocycles. The van der Waals surface area contributed by atoms with Gasteiger partial charge in [0.05, 0.1) is 32.2 Å². The van der Waals surface area contributed by atoms with Crippen LogP contribution in [0.5, 0.6) is 5.88 Å². The zero-order valence-corrected chi connectivity index (χ0v) is 19.3. The Bertz CT molecular complexity index is 1200. The monoisotopic (exact) mass is 457 g/mol. The number of hydrogen-bond acceptors (Lipinski definition) is 8. The van der Waals surface area contributed by atoms with Gasteiger partial charge in [-0.3, -0.25) is 9.48 Å². The van der Waals surface area contributed by atoms with Gasteiger partial charge in [0, 0.05) is 19.1 Å². The Kier molecular flexibility index (Phi) is 5.68. The molecule has 3 aromatic heterocycles. The van der Waals surface area contributed by atoms with E-state index in [2.05, 4.69) is 32.3 Å². The summed E-state index contributed by atoms with van der Waals surface area (Å²) in [6, 6.07) is -0.683. The number of methoxy groups -OCH3 is 1. The molecule has 1 fully saturated rings. The Hall–Kier alpha value is -3.70. The fourth-order valence-electron chi connectivity index (χ4n) is 3.75. The third kappa shape index (κ3) is 4.32. The van der Waals surface area contributed by atoms with Crippen LogP contribution in [0.15, 0.2) is 25.2 Å². The van der Waals surface area contributed by atoms with Crippen LogP contribution in [0.2, 0.25) is 0 Å². The molecule has 0 aromatic carbocycles. The third-order valence-electron chi connectivity index (χ3n) is 5.39. The Morgan fingerprint density at radius 2 is 2.09 bits per heavy atom. The van der Waals surface area contributed by atoms with E-state index in [0.717, 1.165) is 6.08 Å². The molecule has 2 atom stereocenters. The highest BCUT2D eigenvalue weighted by Gasteiger charge is 2.36. The smallest absolute Gasteiger partial charge is 0.256 e. The molecule has 11 nitrogen and oxygen atoms in total. The van der Waals surface area contributed by atoms with E-state index in [-0.39, 0.29) is 18.6 Å². The van der Waals surface area contributed by atoms with E-state index in [1.54, 1.807) is 29.2 Å². The highest BCUT2D eigenvalue weighted by Crippen LogP contribution is 2.32. The van der Waals surface area contributed by atoms with Crippen LogP contribution in [0.4, 0.5) is 21.8 Å². The van der Waals surface area contributed by atoms with Gasteiger partial charge in [0.1, 0.15) is 11.9 Å². The molecule has 1 amide bonds. The van der Waals surface area contributed by atoms with E-state index in [0.29, 0.717) is 34.5 Å². The van der Waals surface area contributed by atoms with Crippen LogP contribution in [0, 0.1) is 0 Å². The number of fused-ring (bicyclic) bond motifs is 1. The van der Waals surface area contributed by atoms with Gasteiger partial charge in [0.25, 0.3) is 5.88 Å². The van der Waals surface area contributed by atoms with Gasteiger partial charge in [-0.15, -0.1) is 5.10 Å². The number of imidazole rings is 1. The van der Waals surface area contributed by atoms with Gasteiger partial charge in [-0.2, -0.15) is 9.97 Å². The zero-order chi connectivity index (χ0) is 23.9. The van der Waals surface area contributed by atoms with Gasteiger partial charge in [-0.1, -0.05) is 6.58 Å². The molecule has 0 aliphatic carbocycles. The summed E-state index contributed by atoms with van der Waals surface area (Å²) in [6.07, 6.45) is 3.34. The summed E-state index contributed by atoms with van der Waals surface area (Å²) in [5, 5.41) is 10.1. The Labute approximate surface area is 190 Å². The molecule has 0 radical (unpaired) electrons. The average Bonchev–Trinajstić information content (AvgIpc) is 3.44. The first-order chi connectivity index (χ1) is 15.6. The minimum absolute atomic E-state index is 0.0485. The maximum Gasteiger partial charge on any atom is 0.256 e. The number of carbonyl (C=O) groups is 1. The number of aromatic nitrogens is 6. The number of carbonyl (C=O) groups excluding carboxylic acids is 1. The predicted octanol–water partition coefficient (Wildman–Crippen LogP) is 1.90. The Balaban J connectivity index is 1.77. The van der Waals surface area contributed by atoms with Gasteiger partial charge in [-0.05, 0) is 26.8 Å². The summed E-state index contributed by atoms with van der Waals surface area (Å²) in [6.45, 7) is 9.83. The molecule has 33 heavy (non-hydrogen) atoms. The van der Waals surface area contributed by atoms with Crippen molar-refractivity contribution in [3.05, 3.63) is 25.2 Å². The van der Waals surface area contributed by atoms with Crippen molar-refractivity contribution in [2.24, 2.45) is 7.05 Å². The summed E-state index contributed by atoms with van der Waals surface area (Å²) < 4.78 is 23.6.